The maximum absolute atomic E-state index is 13.7. The van der Waals surface area contributed by atoms with Gasteiger partial charge in [-0.25, -0.2) is 0 Å². The van der Waals surface area contributed by atoms with Crippen LogP contribution in [0.1, 0.15) is 34.7 Å². The standard InChI is InChI=1S/C20H19ClF6N2/c21-17-7-6-13(12-16(17)20(25,26)27)18(29-10-3-8-28-9-11-29)14-4-1-2-5-15(14)19(22,23)24/h1-2,4-7,12,18,28H,3,8-11H2. The molecular formula is C20H19ClF6N2. The summed E-state index contributed by atoms with van der Waals surface area (Å²) in [4.78, 5) is 1.79. The summed E-state index contributed by atoms with van der Waals surface area (Å²) in [6, 6.07) is 7.37. The van der Waals surface area contributed by atoms with Crippen molar-refractivity contribution >= 4 is 11.6 Å². The van der Waals surface area contributed by atoms with Gasteiger partial charge in [-0.05, 0) is 42.3 Å². The highest BCUT2D eigenvalue weighted by Gasteiger charge is 2.38. The van der Waals surface area contributed by atoms with Gasteiger partial charge in [0.05, 0.1) is 22.2 Å². The molecule has 1 atom stereocenters. The molecule has 0 spiro atoms. The van der Waals surface area contributed by atoms with Crippen LogP contribution in [0, 0.1) is 0 Å². The van der Waals surface area contributed by atoms with Crippen LogP contribution in [-0.4, -0.2) is 31.1 Å². The van der Waals surface area contributed by atoms with E-state index in [2.05, 4.69) is 5.32 Å². The lowest BCUT2D eigenvalue weighted by Crippen LogP contribution is -2.34. The van der Waals surface area contributed by atoms with Gasteiger partial charge in [0.1, 0.15) is 0 Å². The number of nitrogens with zero attached hydrogens (tertiary/aromatic N) is 1. The van der Waals surface area contributed by atoms with Crippen LogP contribution in [0.2, 0.25) is 5.02 Å². The Morgan fingerprint density at radius 1 is 0.862 bits per heavy atom. The first-order valence-electron chi connectivity index (χ1n) is 9.06. The second kappa shape index (κ2) is 8.53. The fourth-order valence-electron chi connectivity index (χ4n) is 3.64. The third-order valence-corrected chi connectivity index (χ3v) is 5.24. The zero-order chi connectivity index (χ0) is 21.2. The number of nitrogens with one attached hydrogen (secondary N) is 1. The lowest BCUT2D eigenvalue weighted by atomic mass is 9.91. The van der Waals surface area contributed by atoms with Crippen molar-refractivity contribution in [3.8, 4) is 0 Å². The summed E-state index contributed by atoms with van der Waals surface area (Å²) in [5.41, 5.74) is -1.86. The summed E-state index contributed by atoms with van der Waals surface area (Å²) < 4.78 is 81.2. The number of rotatable bonds is 3. The molecule has 1 heterocycles. The average molecular weight is 437 g/mol. The Morgan fingerprint density at radius 3 is 2.24 bits per heavy atom. The first-order chi connectivity index (χ1) is 13.6. The van der Waals surface area contributed by atoms with E-state index in [0.29, 0.717) is 32.6 Å². The smallest absolute Gasteiger partial charge is 0.315 e. The van der Waals surface area contributed by atoms with E-state index < -0.39 is 34.5 Å². The van der Waals surface area contributed by atoms with E-state index in [0.717, 1.165) is 18.2 Å². The molecule has 0 amide bonds. The molecule has 158 valence electrons. The van der Waals surface area contributed by atoms with Gasteiger partial charge < -0.3 is 5.32 Å². The highest BCUT2D eigenvalue weighted by Crippen LogP contribution is 2.42. The molecule has 2 aromatic carbocycles. The van der Waals surface area contributed by atoms with E-state index in [4.69, 9.17) is 11.6 Å². The van der Waals surface area contributed by atoms with Gasteiger partial charge in [0.15, 0.2) is 0 Å². The van der Waals surface area contributed by atoms with Crippen molar-refractivity contribution in [1.82, 2.24) is 10.2 Å². The Balaban J connectivity index is 2.18. The lowest BCUT2D eigenvalue weighted by molar-refractivity contribution is -0.139. The van der Waals surface area contributed by atoms with Crippen molar-refractivity contribution in [1.29, 1.82) is 0 Å². The van der Waals surface area contributed by atoms with E-state index in [-0.39, 0.29) is 11.1 Å². The molecule has 1 aliphatic rings. The summed E-state index contributed by atoms with van der Waals surface area (Å²) in [6.45, 7) is 2.08. The molecule has 29 heavy (non-hydrogen) atoms. The number of halogens is 7. The van der Waals surface area contributed by atoms with Crippen LogP contribution in [0.25, 0.3) is 0 Å². The van der Waals surface area contributed by atoms with Crippen LogP contribution in [-0.2, 0) is 12.4 Å². The third kappa shape index (κ3) is 5.05. The van der Waals surface area contributed by atoms with Crippen molar-refractivity contribution in [3.63, 3.8) is 0 Å². The van der Waals surface area contributed by atoms with Crippen molar-refractivity contribution in [2.45, 2.75) is 24.8 Å². The topological polar surface area (TPSA) is 15.3 Å². The van der Waals surface area contributed by atoms with Crippen molar-refractivity contribution < 1.29 is 26.3 Å². The van der Waals surface area contributed by atoms with Gasteiger partial charge in [-0.2, -0.15) is 26.3 Å². The fraction of sp³-hybridized carbons (Fsp3) is 0.400. The number of alkyl halides is 6. The number of hydrogen-bond donors (Lipinski definition) is 1. The van der Waals surface area contributed by atoms with E-state index in [9.17, 15) is 26.3 Å². The van der Waals surface area contributed by atoms with Crippen LogP contribution in [0.15, 0.2) is 42.5 Å². The maximum Gasteiger partial charge on any atom is 0.417 e. The zero-order valence-electron chi connectivity index (χ0n) is 15.2. The predicted octanol–water partition coefficient (Wildman–Crippen LogP) is 5.76. The van der Waals surface area contributed by atoms with Crippen molar-refractivity contribution in [3.05, 3.63) is 69.7 Å². The third-order valence-electron chi connectivity index (χ3n) is 4.91. The molecule has 1 aliphatic heterocycles. The zero-order valence-corrected chi connectivity index (χ0v) is 16.0. The summed E-state index contributed by atoms with van der Waals surface area (Å²) in [5.74, 6) is 0. The molecule has 0 radical (unpaired) electrons. The van der Waals surface area contributed by atoms with Gasteiger partial charge in [-0.3, -0.25) is 4.90 Å². The molecule has 9 heteroatoms. The second-order valence-corrected chi connectivity index (χ2v) is 7.27. The SMILES string of the molecule is FC(F)(F)c1cc(C(c2ccccc2C(F)(F)F)N2CCCNCC2)ccc1Cl. The average Bonchev–Trinajstić information content (AvgIpc) is 2.91. The minimum atomic E-state index is -4.71. The normalized spacial score (nSPS) is 17.8. The molecular weight excluding hydrogens is 418 g/mol. The van der Waals surface area contributed by atoms with E-state index in [1.54, 1.807) is 4.90 Å². The second-order valence-electron chi connectivity index (χ2n) is 6.86. The van der Waals surface area contributed by atoms with Crippen LogP contribution in [0.5, 0.6) is 0 Å². The Labute approximate surface area is 169 Å². The van der Waals surface area contributed by atoms with Crippen molar-refractivity contribution in [2.24, 2.45) is 0 Å². The fourth-order valence-corrected chi connectivity index (χ4v) is 3.86. The van der Waals surface area contributed by atoms with E-state index in [1.165, 1.54) is 24.3 Å². The quantitative estimate of drug-likeness (QED) is 0.615. The van der Waals surface area contributed by atoms with Crippen LogP contribution >= 0.6 is 11.6 Å². The highest BCUT2D eigenvalue weighted by molar-refractivity contribution is 6.31. The van der Waals surface area contributed by atoms with Crippen molar-refractivity contribution in [2.75, 3.05) is 26.2 Å². The Bertz CT molecular complexity index is 842. The first-order valence-corrected chi connectivity index (χ1v) is 9.44. The first kappa shape index (κ1) is 21.9. The molecule has 0 bridgehead atoms. The molecule has 2 aromatic rings. The van der Waals surface area contributed by atoms with Gasteiger partial charge in [0.25, 0.3) is 0 Å². The Kier molecular flexibility index (Phi) is 6.45. The Morgan fingerprint density at radius 2 is 1.55 bits per heavy atom. The van der Waals surface area contributed by atoms with Gasteiger partial charge in [-0.15, -0.1) is 0 Å². The maximum atomic E-state index is 13.7. The van der Waals surface area contributed by atoms with Gasteiger partial charge in [0, 0.05) is 19.6 Å². The van der Waals surface area contributed by atoms with Crippen LogP contribution in [0.4, 0.5) is 26.3 Å². The van der Waals surface area contributed by atoms with E-state index in [1.807, 2.05) is 0 Å². The highest BCUT2D eigenvalue weighted by atomic mass is 35.5. The minimum absolute atomic E-state index is 0.0719. The summed E-state index contributed by atoms with van der Waals surface area (Å²) in [5, 5.41) is 2.68. The summed E-state index contributed by atoms with van der Waals surface area (Å²) in [6.07, 6.45) is -8.66. The molecule has 3 rings (SSSR count). The molecule has 1 N–H and O–H groups in total. The monoisotopic (exact) mass is 436 g/mol. The summed E-state index contributed by atoms with van der Waals surface area (Å²) in [7, 11) is 0. The number of benzene rings is 2. The van der Waals surface area contributed by atoms with Crippen LogP contribution < -0.4 is 5.32 Å². The van der Waals surface area contributed by atoms with Gasteiger partial charge >= 0.3 is 12.4 Å². The van der Waals surface area contributed by atoms with Crippen LogP contribution in [0.3, 0.4) is 0 Å². The minimum Gasteiger partial charge on any atom is -0.315 e. The Hall–Kier alpha value is -1.77. The largest absolute Gasteiger partial charge is 0.417 e. The molecule has 0 aliphatic carbocycles. The number of hydrogen-bond acceptors (Lipinski definition) is 2. The van der Waals surface area contributed by atoms with Gasteiger partial charge in [-0.1, -0.05) is 35.9 Å². The molecule has 0 saturated carbocycles. The molecule has 1 saturated heterocycles. The van der Waals surface area contributed by atoms with E-state index >= 15 is 0 Å². The molecule has 1 fully saturated rings. The summed E-state index contributed by atoms with van der Waals surface area (Å²) >= 11 is 5.72. The van der Waals surface area contributed by atoms with Gasteiger partial charge in [0.2, 0.25) is 0 Å². The lowest BCUT2D eigenvalue weighted by Gasteiger charge is -2.33. The predicted molar refractivity (Wildman–Crippen MR) is 98.8 cm³/mol. The molecule has 1 unspecified atom stereocenters. The molecule has 2 nitrogen and oxygen atoms in total. The molecule has 0 aromatic heterocycles.